The number of fused-ring (bicyclic) bond motifs is 1. The molecule has 2 atom stereocenters. The minimum Gasteiger partial charge on any atom is -0.399 e. The molecule has 270 valence electrons. The van der Waals surface area contributed by atoms with E-state index in [1.807, 2.05) is 48.5 Å². The zero-order valence-electron chi connectivity index (χ0n) is 30.8. The van der Waals surface area contributed by atoms with Crippen LogP contribution >= 0.6 is 0 Å². The third kappa shape index (κ3) is 6.77. The van der Waals surface area contributed by atoms with Crippen molar-refractivity contribution in [2.45, 2.75) is 38.5 Å². The van der Waals surface area contributed by atoms with Crippen LogP contribution in [0.3, 0.4) is 0 Å². The predicted molar refractivity (Wildman–Crippen MR) is 230 cm³/mol. The molecular weight excluding hydrogens is 675 g/mol. The summed E-state index contributed by atoms with van der Waals surface area (Å²) in [4.78, 5) is 12.7. The van der Waals surface area contributed by atoms with Gasteiger partial charge >= 0.3 is 0 Å². The van der Waals surface area contributed by atoms with E-state index < -0.39 is 0 Å². The van der Waals surface area contributed by atoms with E-state index in [1.54, 1.807) is 0 Å². The summed E-state index contributed by atoms with van der Waals surface area (Å²) in [5, 5.41) is 7.23. The molecule has 1 aliphatic carbocycles. The lowest BCUT2D eigenvalue weighted by atomic mass is 9.89. The van der Waals surface area contributed by atoms with Crippen molar-refractivity contribution in [3.8, 4) is 22.3 Å². The molecule has 6 aromatic carbocycles. The molecule has 6 aromatic rings. The van der Waals surface area contributed by atoms with Crippen molar-refractivity contribution < 1.29 is 0 Å². The first-order chi connectivity index (χ1) is 27.0. The summed E-state index contributed by atoms with van der Waals surface area (Å²) in [5.74, 6) is 1.46. The number of aliphatic imine (C=N–C) groups is 2. The summed E-state index contributed by atoms with van der Waals surface area (Å²) in [5.41, 5.74) is 27.2. The molecule has 0 bridgehead atoms. The molecule has 7 heteroatoms. The molecule has 3 aliphatic rings. The van der Waals surface area contributed by atoms with Crippen LogP contribution in [0.5, 0.6) is 0 Å². The Hall–Kier alpha value is -6.86. The molecule has 0 saturated carbocycles. The first-order valence-corrected chi connectivity index (χ1v) is 19.0. The van der Waals surface area contributed by atoms with Crippen molar-refractivity contribution >= 4 is 45.7 Å². The molecule has 7 nitrogen and oxygen atoms in total. The van der Waals surface area contributed by atoms with Gasteiger partial charge in [-0.25, -0.2) is 9.98 Å². The van der Waals surface area contributed by atoms with E-state index in [4.69, 9.17) is 21.5 Å². The van der Waals surface area contributed by atoms with Gasteiger partial charge in [-0.1, -0.05) is 97.9 Å². The van der Waals surface area contributed by atoms with Gasteiger partial charge in [0, 0.05) is 28.2 Å². The summed E-state index contributed by atoms with van der Waals surface area (Å²) in [6.45, 7) is 2.23. The fourth-order valence-electron chi connectivity index (χ4n) is 7.78. The number of nitrogens with two attached hydrogens (primary N) is 2. The summed E-state index contributed by atoms with van der Waals surface area (Å²) in [6.07, 6.45) is 7.15. The number of anilines is 5. The Bertz CT molecular complexity index is 2490. The Morgan fingerprint density at radius 3 is 2.05 bits per heavy atom. The van der Waals surface area contributed by atoms with Gasteiger partial charge < -0.3 is 27.0 Å². The molecule has 2 unspecified atom stereocenters. The molecule has 9 rings (SSSR count). The standard InChI is InChI=1S/C48H43N7/c1-2-45-51-43-15-5-6-16-44(43)55(45)40-12-8-10-36(30-40)32-19-17-31(18-20-32)35-9-7-11-37(29-35)41-13-3-4-14-42(41)48-53-46(33-21-25-38(49)26-22-33)52-47(54-48)34-23-27-39(50)28-24-34/h4-12,14-30,45-46,51H,2-3,13,49-50H2,1H3,(H,52,53,54). The van der Waals surface area contributed by atoms with Crippen molar-refractivity contribution in [1.29, 1.82) is 0 Å². The number of hydrogen-bond acceptors (Lipinski definition) is 7. The van der Waals surface area contributed by atoms with Crippen molar-refractivity contribution in [2.75, 3.05) is 21.7 Å². The first kappa shape index (κ1) is 33.9. The average molecular weight is 718 g/mol. The van der Waals surface area contributed by atoms with Crippen molar-refractivity contribution in [2.24, 2.45) is 9.98 Å². The fourth-order valence-corrected chi connectivity index (χ4v) is 7.78. The minimum atomic E-state index is -0.328. The number of amidine groups is 2. The van der Waals surface area contributed by atoms with Crippen LogP contribution in [0.2, 0.25) is 0 Å². The van der Waals surface area contributed by atoms with Crippen LogP contribution in [-0.4, -0.2) is 17.8 Å². The zero-order valence-corrected chi connectivity index (χ0v) is 30.8. The van der Waals surface area contributed by atoms with Gasteiger partial charge in [-0.2, -0.15) is 0 Å². The molecule has 0 amide bonds. The van der Waals surface area contributed by atoms with E-state index in [2.05, 4.69) is 132 Å². The Kier molecular flexibility index (Phi) is 8.96. The van der Waals surface area contributed by atoms with Gasteiger partial charge in [-0.05, 0) is 125 Å². The lowest BCUT2D eigenvalue weighted by Gasteiger charge is -2.26. The van der Waals surface area contributed by atoms with Crippen LogP contribution in [0.25, 0.3) is 27.8 Å². The molecule has 0 spiro atoms. The highest BCUT2D eigenvalue weighted by Crippen LogP contribution is 2.42. The van der Waals surface area contributed by atoms with E-state index in [0.29, 0.717) is 17.2 Å². The molecule has 2 heterocycles. The highest BCUT2D eigenvalue weighted by Gasteiger charge is 2.28. The largest absolute Gasteiger partial charge is 0.399 e. The maximum atomic E-state index is 6.04. The summed E-state index contributed by atoms with van der Waals surface area (Å²) < 4.78 is 0. The lowest BCUT2D eigenvalue weighted by Crippen LogP contribution is -2.33. The molecule has 0 aromatic heterocycles. The Morgan fingerprint density at radius 1 is 0.655 bits per heavy atom. The monoisotopic (exact) mass is 717 g/mol. The second kappa shape index (κ2) is 14.5. The highest BCUT2D eigenvalue weighted by molar-refractivity contribution is 6.17. The van der Waals surface area contributed by atoms with Gasteiger partial charge in [0.2, 0.25) is 0 Å². The number of nitrogen functional groups attached to an aromatic ring is 2. The molecule has 2 aliphatic heterocycles. The van der Waals surface area contributed by atoms with Gasteiger partial charge in [0.25, 0.3) is 0 Å². The Morgan fingerprint density at radius 2 is 1.31 bits per heavy atom. The highest BCUT2D eigenvalue weighted by atomic mass is 15.3. The van der Waals surface area contributed by atoms with Gasteiger partial charge in [0.15, 0.2) is 5.84 Å². The van der Waals surface area contributed by atoms with Crippen LogP contribution in [-0.2, 0) is 0 Å². The number of para-hydroxylation sites is 2. The molecular formula is C48H43N7. The van der Waals surface area contributed by atoms with Gasteiger partial charge in [0.1, 0.15) is 18.2 Å². The number of nitrogens with zero attached hydrogens (tertiary/aromatic N) is 3. The van der Waals surface area contributed by atoms with E-state index >= 15 is 0 Å². The van der Waals surface area contributed by atoms with Crippen LogP contribution in [0.1, 0.15) is 49.0 Å². The third-order valence-corrected chi connectivity index (χ3v) is 10.7. The van der Waals surface area contributed by atoms with Crippen LogP contribution < -0.4 is 27.0 Å². The predicted octanol–water partition coefficient (Wildman–Crippen LogP) is 10.7. The Labute approximate surface area is 322 Å². The molecule has 0 saturated heterocycles. The van der Waals surface area contributed by atoms with E-state index in [9.17, 15) is 0 Å². The number of benzene rings is 6. The summed E-state index contributed by atoms with van der Waals surface area (Å²) in [6, 6.07) is 50.8. The topological polar surface area (TPSA) is 104 Å². The van der Waals surface area contributed by atoms with Crippen LogP contribution in [0.4, 0.5) is 28.4 Å². The molecule has 6 N–H and O–H groups in total. The average Bonchev–Trinajstić information content (AvgIpc) is 3.63. The number of hydrogen-bond donors (Lipinski definition) is 4. The maximum Gasteiger partial charge on any atom is 0.159 e. The zero-order chi connectivity index (χ0) is 37.3. The SMILES string of the molecule is CCC1Nc2ccccc2N1c1cccc(-c2ccc(-c3cccc(C4=C(C5=NC(c6ccc(N)cc6)NC(c6ccc(N)cc6)=N5)C=CCC4)c3)cc2)c1. The van der Waals surface area contributed by atoms with Crippen LogP contribution in [0.15, 0.2) is 173 Å². The van der Waals surface area contributed by atoms with Crippen molar-refractivity contribution in [3.63, 3.8) is 0 Å². The van der Waals surface area contributed by atoms with Crippen LogP contribution in [0, 0.1) is 0 Å². The van der Waals surface area contributed by atoms with Gasteiger partial charge in [-0.15, -0.1) is 0 Å². The van der Waals surface area contributed by atoms with Gasteiger partial charge in [-0.3, -0.25) is 0 Å². The number of nitrogens with one attached hydrogen (secondary N) is 2. The van der Waals surface area contributed by atoms with E-state index in [-0.39, 0.29) is 12.3 Å². The van der Waals surface area contributed by atoms with E-state index in [1.165, 1.54) is 50.5 Å². The summed E-state index contributed by atoms with van der Waals surface area (Å²) >= 11 is 0. The first-order valence-electron chi connectivity index (χ1n) is 19.0. The fraction of sp³-hybridized carbons (Fsp3) is 0.125. The second-order valence-electron chi connectivity index (χ2n) is 14.2. The van der Waals surface area contributed by atoms with Crippen molar-refractivity contribution in [3.05, 3.63) is 180 Å². The Balaban J connectivity index is 1.03. The molecule has 0 fully saturated rings. The minimum absolute atomic E-state index is 0.224. The number of rotatable bonds is 8. The summed E-state index contributed by atoms with van der Waals surface area (Å²) in [7, 11) is 0. The van der Waals surface area contributed by atoms with Crippen molar-refractivity contribution in [1.82, 2.24) is 5.32 Å². The normalized spacial score (nSPS) is 17.6. The molecule has 0 radical (unpaired) electrons. The third-order valence-electron chi connectivity index (χ3n) is 10.7. The van der Waals surface area contributed by atoms with E-state index in [0.717, 1.165) is 41.8 Å². The smallest absolute Gasteiger partial charge is 0.159 e. The number of allylic oxidation sites excluding steroid dienone is 2. The van der Waals surface area contributed by atoms with Gasteiger partial charge in [0.05, 0.1) is 11.4 Å². The maximum absolute atomic E-state index is 6.04. The second-order valence-corrected chi connectivity index (χ2v) is 14.2. The quantitative estimate of drug-likeness (QED) is 0.117. The molecule has 55 heavy (non-hydrogen) atoms. The lowest BCUT2D eigenvalue weighted by molar-refractivity contribution is 0.674.